The minimum atomic E-state index is 0.841. The quantitative estimate of drug-likeness (QED) is 0.769. The van der Waals surface area contributed by atoms with Crippen LogP contribution < -0.4 is 10.7 Å². The molecule has 64 valence electrons. The molecule has 0 atom stereocenters. The number of hydrogen-bond donors (Lipinski definition) is 1. The Kier molecular flexibility index (Phi) is 2.87. The number of aromatic nitrogens is 2. The lowest BCUT2D eigenvalue weighted by molar-refractivity contribution is 1.29. The fourth-order valence-electron chi connectivity index (χ4n) is 0.720. The molecule has 1 heterocycles. The zero-order valence-electron chi connectivity index (χ0n) is 7.19. The van der Waals surface area contributed by atoms with Gasteiger partial charge in [-0.1, -0.05) is 28.1 Å². The van der Waals surface area contributed by atoms with Gasteiger partial charge < -0.3 is 4.98 Å². The molecule has 0 amide bonds. The van der Waals surface area contributed by atoms with Crippen LogP contribution in [0.5, 0.6) is 0 Å². The minimum Gasteiger partial charge on any atom is -0.345 e. The van der Waals surface area contributed by atoms with Crippen molar-refractivity contribution in [2.24, 2.45) is 0 Å². The van der Waals surface area contributed by atoms with Gasteiger partial charge in [0.05, 0.1) is 17.0 Å². The van der Waals surface area contributed by atoms with Crippen molar-refractivity contribution in [1.82, 2.24) is 9.97 Å². The van der Waals surface area contributed by atoms with Crippen LogP contribution in [0.25, 0.3) is 12.7 Å². The second-order valence-electron chi connectivity index (χ2n) is 2.76. The van der Waals surface area contributed by atoms with Gasteiger partial charge in [-0.25, -0.2) is 4.98 Å². The van der Waals surface area contributed by atoms with E-state index in [1.165, 1.54) is 5.57 Å². The molecule has 0 aliphatic heterocycles. The molecule has 0 aliphatic carbocycles. The van der Waals surface area contributed by atoms with Crippen LogP contribution in [0.1, 0.15) is 13.8 Å². The van der Waals surface area contributed by atoms with Gasteiger partial charge in [0.2, 0.25) is 0 Å². The van der Waals surface area contributed by atoms with Crippen molar-refractivity contribution in [1.29, 1.82) is 0 Å². The van der Waals surface area contributed by atoms with Crippen molar-refractivity contribution >= 4 is 28.6 Å². The lowest BCUT2D eigenvalue weighted by Crippen LogP contribution is -2.22. The van der Waals surface area contributed by atoms with Crippen molar-refractivity contribution < 1.29 is 0 Å². The molecule has 1 aromatic rings. The highest BCUT2D eigenvalue weighted by atomic mass is 79.9. The molecule has 0 aromatic carbocycles. The standard InChI is InChI=1S/C9H11BrN2/c1-6(2)8(10)4-9-7(3)11-5-12-9/h4-5H,3H2,1-2H3,(H,11,12)/b9-4+. The van der Waals surface area contributed by atoms with Crippen molar-refractivity contribution in [2.45, 2.75) is 13.8 Å². The van der Waals surface area contributed by atoms with Gasteiger partial charge in [0.25, 0.3) is 0 Å². The first kappa shape index (κ1) is 9.26. The van der Waals surface area contributed by atoms with Crippen LogP contribution in [-0.2, 0) is 0 Å². The second-order valence-corrected chi connectivity index (χ2v) is 3.61. The maximum atomic E-state index is 4.10. The number of halogens is 1. The molecule has 0 saturated heterocycles. The maximum Gasteiger partial charge on any atom is 0.0931 e. The Morgan fingerprint density at radius 2 is 2.33 bits per heavy atom. The van der Waals surface area contributed by atoms with E-state index < -0.39 is 0 Å². The number of allylic oxidation sites excluding steroid dienone is 2. The number of imidazole rings is 1. The number of hydrogen-bond acceptors (Lipinski definition) is 1. The first-order valence-electron chi connectivity index (χ1n) is 3.64. The van der Waals surface area contributed by atoms with E-state index in [9.17, 15) is 0 Å². The van der Waals surface area contributed by atoms with Gasteiger partial charge in [0.1, 0.15) is 0 Å². The highest BCUT2D eigenvalue weighted by Gasteiger charge is 1.90. The van der Waals surface area contributed by atoms with Crippen molar-refractivity contribution in [2.75, 3.05) is 0 Å². The van der Waals surface area contributed by atoms with E-state index in [0.29, 0.717) is 0 Å². The highest BCUT2D eigenvalue weighted by Crippen LogP contribution is 2.11. The fraction of sp³-hybridized carbons (Fsp3) is 0.222. The molecule has 0 bridgehead atoms. The van der Waals surface area contributed by atoms with Gasteiger partial charge in [-0.05, 0) is 19.9 Å². The Morgan fingerprint density at radius 1 is 1.67 bits per heavy atom. The van der Waals surface area contributed by atoms with E-state index in [1.807, 2.05) is 19.9 Å². The minimum absolute atomic E-state index is 0.841. The van der Waals surface area contributed by atoms with Crippen LogP contribution in [0.3, 0.4) is 0 Å². The summed E-state index contributed by atoms with van der Waals surface area (Å²) in [6, 6.07) is 0. The molecule has 2 nitrogen and oxygen atoms in total. The molecular formula is C9H11BrN2. The van der Waals surface area contributed by atoms with Gasteiger partial charge in [-0.15, -0.1) is 0 Å². The molecule has 1 N–H and O–H groups in total. The lowest BCUT2D eigenvalue weighted by atomic mass is 10.3. The van der Waals surface area contributed by atoms with Crippen LogP contribution in [-0.4, -0.2) is 9.97 Å². The van der Waals surface area contributed by atoms with E-state index >= 15 is 0 Å². The monoisotopic (exact) mass is 226 g/mol. The summed E-state index contributed by atoms with van der Waals surface area (Å²) >= 11 is 3.44. The van der Waals surface area contributed by atoms with Gasteiger partial charge in [0, 0.05) is 4.48 Å². The van der Waals surface area contributed by atoms with Gasteiger partial charge in [0.15, 0.2) is 0 Å². The Balaban J connectivity index is 3.24. The molecule has 0 spiro atoms. The van der Waals surface area contributed by atoms with Crippen molar-refractivity contribution in [3.63, 3.8) is 0 Å². The number of H-pyrrole nitrogens is 1. The largest absolute Gasteiger partial charge is 0.345 e. The molecule has 3 heteroatoms. The summed E-state index contributed by atoms with van der Waals surface area (Å²) in [6.07, 6.45) is 3.59. The normalized spacial score (nSPS) is 11.8. The third-order valence-electron chi connectivity index (χ3n) is 1.49. The second kappa shape index (κ2) is 3.72. The molecule has 12 heavy (non-hydrogen) atoms. The number of nitrogens with one attached hydrogen (secondary N) is 1. The summed E-state index contributed by atoms with van der Waals surface area (Å²) in [7, 11) is 0. The Bertz CT molecular complexity index is 396. The molecule has 0 aliphatic rings. The van der Waals surface area contributed by atoms with Gasteiger partial charge >= 0.3 is 0 Å². The third-order valence-corrected chi connectivity index (χ3v) is 2.51. The Hall–Kier alpha value is -0.830. The van der Waals surface area contributed by atoms with E-state index in [4.69, 9.17) is 0 Å². The van der Waals surface area contributed by atoms with Crippen LogP contribution >= 0.6 is 15.9 Å². The van der Waals surface area contributed by atoms with Crippen molar-refractivity contribution in [3.8, 4) is 0 Å². The molecule has 1 aromatic heterocycles. The number of rotatable bonds is 1. The summed E-state index contributed by atoms with van der Waals surface area (Å²) in [5, 5.41) is 1.72. The van der Waals surface area contributed by atoms with Crippen LogP contribution in [0.15, 0.2) is 16.4 Å². The van der Waals surface area contributed by atoms with E-state index in [-0.39, 0.29) is 0 Å². The first-order chi connectivity index (χ1) is 5.61. The van der Waals surface area contributed by atoms with Crippen LogP contribution in [0.4, 0.5) is 0 Å². The topological polar surface area (TPSA) is 28.7 Å². The summed E-state index contributed by atoms with van der Waals surface area (Å²) in [6.45, 7) is 7.88. The fourth-order valence-corrected chi connectivity index (χ4v) is 0.937. The third kappa shape index (κ3) is 2.08. The smallest absolute Gasteiger partial charge is 0.0931 e. The molecule has 0 radical (unpaired) electrons. The van der Waals surface area contributed by atoms with E-state index in [0.717, 1.165) is 15.2 Å². The first-order valence-corrected chi connectivity index (χ1v) is 4.43. The van der Waals surface area contributed by atoms with Gasteiger partial charge in [-0.3, -0.25) is 0 Å². The van der Waals surface area contributed by atoms with Crippen LogP contribution in [0, 0.1) is 0 Å². The molecule has 0 unspecified atom stereocenters. The van der Waals surface area contributed by atoms with E-state index in [2.05, 4.69) is 32.5 Å². The summed E-state index contributed by atoms with van der Waals surface area (Å²) < 4.78 is 1.06. The van der Waals surface area contributed by atoms with Crippen LogP contribution in [0.2, 0.25) is 0 Å². The Morgan fingerprint density at radius 3 is 2.75 bits per heavy atom. The average molecular weight is 227 g/mol. The molecular weight excluding hydrogens is 216 g/mol. The maximum absolute atomic E-state index is 4.10. The van der Waals surface area contributed by atoms with E-state index in [1.54, 1.807) is 6.33 Å². The highest BCUT2D eigenvalue weighted by molar-refractivity contribution is 9.12. The molecule has 0 saturated carbocycles. The number of nitrogens with zero attached hydrogens (tertiary/aromatic N) is 1. The predicted molar refractivity (Wildman–Crippen MR) is 55.1 cm³/mol. The molecule has 1 rings (SSSR count). The van der Waals surface area contributed by atoms with Crippen molar-refractivity contribution in [3.05, 3.63) is 27.1 Å². The number of aromatic amines is 1. The lowest BCUT2D eigenvalue weighted by Gasteiger charge is -1.90. The predicted octanol–water partition coefficient (Wildman–Crippen LogP) is 1.29. The average Bonchev–Trinajstić information content (AvgIpc) is 2.36. The summed E-state index contributed by atoms with van der Waals surface area (Å²) in [5.74, 6) is 0. The molecule has 0 fully saturated rings. The zero-order valence-corrected chi connectivity index (χ0v) is 8.77. The SMILES string of the molecule is C=c1[nH]cn/c1=C/C(Br)=C(C)C. The summed E-state index contributed by atoms with van der Waals surface area (Å²) in [4.78, 5) is 7.02. The summed E-state index contributed by atoms with van der Waals surface area (Å²) in [5.41, 5.74) is 1.22. The van der Waals surface area contributed by atoms with Gasteiger partial charge in [-0.2, -0.15) is 0 Å². The Labute approximate surface area is 79.8 Å². The zero-order chi connectivity index (χ0) is 9.14.